The number of carboxylic acid groups (broad SMARTS) is 1. The van der Waals surface area contributed by atoms with Crippen molar-refractivity contribution in [1.29, 1.82) is 0 Å². The Morgan fingerprint density at radius 2 is 1.62 bits per heavy atom. The van der Waals surface area contributed by atoms with Crippen LogP contribution in [-0.2, 0) is 9.59 Å². The zero-order valence-corrected chi connectivity index (χ0v) is 22.8. The first-order valence-electron chi connectivity index (χ1n) is 12.8. The third-order valence-electron chi connectivity index (χ3n) is 7.40. The molecule has 208 valence electrons. The molecule has 1 heterocycles. The van der Waals surface area contributed by atoms with Crippen LogP contribution in [-0.4, -0.2) is 51.9 Å². The predicted molar refractivity (Wildman–Crippen MR) is 148 cm³/mol. The summed E-state index contributed by atoms with van der Waals surface area (Å²) in [6, 6.07) is 16.6. The quantitative estimate of drug-likeness (QED) is 0.377. The molecule has 1 aliphatic carbocycles. The molecule has 0 spiro atoms. The zero-order chi connectivity index (χ0) is 28.4. The summed E-state index contributed by atoms with van der Waals surface area (Å²) in [6.07, 6.45) is 0.864. The van der Waals surface area contributed by atoms with E-state index in [1.807, 2.05) is 36.4 Å². The van der Waals surface area contributed by atoms with Gasteiger partial charge in [-0.3, -0.25) is 4.79 Å². The number of carbonyl (C=O) groups excluding carboxylic acids is 1. The Morgan fingerprint density at radius 3 is 2.33 bits per heavy atom. The van der Waals surface area contributed by atoms with Gasteiger partial charge in [-0.25, -0.2) is 4.79 Å². The fraction of sp³-hybridized carbons (Fsp3) is 0.290. The minimum absolute atomic E-state index is 0.0184. The number of aliphatic carboxylic acids is 1. The second-order valence-corrected chi connectivity index (χ2v) is 9.60. The molecule has 3 aromatic rings. The number of rotatable bonds is 9. The van der Waals surface area contributed by atoms with Gasteiger partial charge in [0.1, 0.15) is 17.2 Å². The summed E-state index contributed by atoms with van der Waals surface area (Å²) in [5.74, 6) is 1.01. The van der Waals surface area contributed by atoms with Crippen LogP contribution in [0.4, 0.5) is 5.69 Å². The van der Waals surface area contributed by atoms with Gasteiger partial charge in [-0.1, -0.05) is 24.3 Å². The van der Waals surface area contributed by atoms with Gasteiger partial charge in [0.2, 0.25) is 0 Å². The number of carbonyl (C=O) groups is 2. The molecule has 0 aromatic heterocycles. The Bertz CT molecular complexity index is 1490. The molecule has 3 aromatic carbocycles. The molecular formula is C31H31NO8. The Hall–Kier alpha value is -4.66. The van der Waals surface area contributed by atoms with Gasteiger partial charge in [-0.05, 0) is 36.1 Å². The fourth-order valence-electron chi connectivity index (χ4n) is 5.62. The van der Waals surface area contributed by atoms with Gasteiger partial charge in [0.25, 0.3) is 0 Å². The molecule has 9 heteroatoms. The molecule has 0 saturated carbocycles. The third-order valence-corrected chi connectivity index (χ3v) is 7.40. The van der Waals surface area contributed by atoms with Crippen molar-refractivity contribution < 1.29 is 38.4 Å². The average Bonchev–Trinajstić information content (AvgIpc) is 2.97. The maximum atomic E-state index is 14.0. The van der Waals surface area contributed by atoms with Gasteiger partial charge < -0.3 is 34.1 Å². The van der Waals surface area contributed by atoms with Crippen LogP contribution in [0.15, 0.2) is 65.9 Å². The summed E-state index contributed by atoms with van der Waals surface area (Å²) >= 11 is 0. The van der Waals surface area contributed by atoms with Crippen molar-refractivity contribution in [1.82, 2.24) is 0 Å². The largest absolute Gasteiger partial charge is 0.497 e. The summed E-state index contributed by atoms with van der Waals surface area (Å²) in [7, 11) is 6.32. The number of ether oxygens (including phenoxy) is 5. The smallest absolute Gasteiger partial charge is 0.341 e. The van der Waals surface area contributed by atoms with Gasteiger partial charge in [0.15, 0.2) is 23.9 Å². The molecule has 2 N–H and O–H groups in total. The lowest BCUT2D eigenvalue weighted by molar-refractivity contribution is -0.139. The van der Waals surface area contributed by atoms with Crippen LogP contribution in [0.3, 0.4) is 0 Å². The zero-order valence-electron chi connectivity index (χ0n) is 22.8. The molecular weight excluding hydrogens is 514 g/mol. The lowest BCUT2D eigenvalue weighted by Gasteiger charge is -2.38. The molecule has 1 aliphatic heterocycles. The summed E-state index contributed by atoms with van der Waals surface area (Å²) in [6.45, 7) is -0.504. The molecule has 9 nitrogen and oxygen atoms in total. The number of allylic oxidation sites excluding steroid dienone is 2. The highest BCUT2D eigenvalue weighted by Gasteiger charge is 2.41. The normalized spacial score (nSPS) is 17.8. The van der Waals surface area contributed by atoms with Gasteiger partial charge in [0, 0.05) is 52.6 Å². The number of nitrogens with one attached hydrogen (secondary N) is 1. The second kappa shape index (κ2) is 11.2. The van der Waals surface area contributed by atoms with Crippen molar-refractivity contribution in [2.45, 2.75) is 24.7 Å². The maximum absolute atomic E-state index is 14.0. The summed E-state index contributed by atoms with van der Waals surface area (Å²) in [5, 5.41) is 12.8. The molecule has 0 amide bonds. The number of carboxylic acids is 1. The van der Waals surface area contributed by atoms with Crippen molar-refractivity contribution >= 4 is 17.4 Å². The van der Waals surface area contributed by atoms with E-state index in [0.29, 0.717) is 52.7 Å². The topological polar surface area (TPSA) is 113 Å². The van der Waals surface area contributed by atoms with Crippen LogP contribution in [0, 0.1) is 0 Å². The molecule has 0 radical (unpaired) electrons. The van der Waals surface area contributed by atoms with E-state index in [9.17, 15) is 14.7 Å². The molecule has 0 unspecified atom stereocenters. The van der Waals surface area contributed by atoms with Crippen LogP contribution in [0.5, 0.6) is 28.7 Å². The second-order valence-electron chi connectivity index (χ2n) is 9.60. The van der Waals surface area contributed by atoms with Gasteiger partial charge in [0.05, 0.1) is 28.4 Å². The summed E-state index contributed by atoms with van der Waals surface area (Å²) in [4.78, 5) is 25.3. The molecule has 2 aliphatic rings. The number of ketones is 1. The Labute approximate surface area is 232 Å². The van der Waals surface area contributed by atoms with Crippen molar-refractivity contribution in [3.63, 3.8) is 0 Å². The minimum atomic E-state index is -1.09. The van der Waals surface area contributed by atoms with E-state index >= 15 is 0 Å². The number of fused-ring (bicyclic) bond motifs is 1. The first kappa shape index (κ1) is 26.9. The number of hydrogen-bond acceptors (Lipinski definition) is 8. The molecule has 5 rings (SSSR count). The molecule has 0 saturated heterocycles. The van der Waals surface area contributed by atoms with Crippen LogP contribution < -0.4 is 29.0 Å². The van der Waals surface area contributed by atoms with Crippen molar-refractivity contribution in [2.75, 3.05) is 40.4 Å². The molecule has 40 heavy (non-hydrogen) atoms. The number of anilines is 1. The van der Waals surface area contributed by atoms with E-state index in [-0.39, 0.29) is 11.7 Å². The Kier molecular flexibility index (Phi) is 7.55. The van der Waals surface area contributed by atoms with E-state index in [1.54, 1.807) is 46.6 Å². The SMILES string of the molecule is COc1cc2c(c(OC)c1)[C@H](c1ccccc1OCC(=O)O)C1=C(C[C@@H](c3ccc(OC)c(OC)c3)CC1=O)N2. The first-order chi connectivity index (χ1) is 19.4. The van der Waals surface area contributed by atoms with Crippen LogP contribution in [0.25, 0.3) is 0 Å². The molecule has 2 atom stereocenters. The van der Waals surface area contributed by atoms with E-state index in [0.717, 1.165) is 22.5 Å². The number of hydrogen-bond donors (Lipinski definition) is 2. The van der Waals surface area contributed by atoms with E-state index in [4.69, 9.17) is 23.7 Å². The minimum Gasteiger partial charge on any atom is -0.497 e. The number of Topliss-reactive ketones (excluding diaryl/α,β-unsaturated/α-hetero) is 1. The molecule has 0 fully saturated rings. The maximum Gasteiger partial charge on any atom is 0.341 e. The highest BCUT2D eigenvalue weighted by molar-refractivity contribution is 6.02. The molecule has 0 bridgehead atoms. The van der Waals surface area contributed by atoms with Gasteiger partial charge >= 0.3 is 5.97 Å². The predicted octanol–water partition coefficient (Wildman–Crippen LogP) is 5.14. The number of benzene rings is 3. The lowest BCUT2D eigenvalue weighted by Crippen LogP contribution is -2.30. The van der Waals surface area contributed by atoms with Crippen molar-refractivity contribution in [3.8, 4) is 28.7 Å². The number of para-hydroxylation sites is 1. The Morgan fingerprint density at radius 1 is 0.875 bits per heavy atom. The van der Waals surface area contributed by atoms with Gasteiger partial charge in [-0.15, -0.1) is 0 Å². The lowest BCUT2D eigenvalue weighted by atomic mass is 9.71. The highest BCUT2D eigenvalue weighted by Crippen LogP contribution is 2.53. The Balaban J connectivity index is 1.66. The van der Waals surface area contributed by atoms with Crippen molar-refractivity contribution in [2.24, 2.45) is 0 Å². The van der Waals surface area contributed by atoms with Crippen molar-refractivity contribution in [3.05, 3.63) is 82.6 Å². The first-order valence-corrected chi connectivity index (χ1v) is 12.8. The van der Waals surface area contributed by atoms with Crippen LogP contribution >= 0.6 is 0 Å². The average molecular weight is 546 g/mol. The third kappa shape index (κ3) is 4.90. The van der Waals surface area contributed by atoms with Gasteiger partial charge in [-0.2, -0.15) is 0 Å². The van der Waals surface area contributed by atoms with Crippen LogP contribution in [0.2, 0.25) is 0 Å². The monoisotopic (exact) mass is 545 g/mol. The number of methoxy groups -OCH3 is 4. The fourth-order valence-corrected chi connectivity index (χ4v) is 5.62. The summed E-state index contributed by atoms with van der Waals surface area (Å²) < 4.78 is 27.9. The van der Waals surface area contributed by atoms with Crippen LogP contribution in [0.1, 0.15) is 41.4 Å². The van der Waals surface area contributed by atoms with E-state index < -0.39 is 18.5 Å². The van der Waals surface area contributed by atoms with E-state index in [1.165, 1.54) is 0 Å². The highest BCUT2D eigenvalue weighted by atomic mass is 16.5. The standard InChI is InChI=1S/C31H31NO8/c1-36-19-14-22-31(27(15-19)39-4)29(20-7-5-6-8-24(20)40-16-28(34)35)30-21(32-22)11-18(12-23(30)33)17-9-10-25(37-2)26(13-17)38-3/h5-10,13-15,18,29,32H,11-12,16H2,1-4H3,(H,34,35)/t18-,29-/m1/s1. The summed E-state index contributed by atoms with van der Waals surface area (Å²) in [5.41, 5.74) is 4.55. The van der Waals surface area contributed by atoms with E-state index in [2.05, 4.69) is 5.32 Å².